The van der Waals surface area contributed by atoms with Crippen molar-refractivity contribution in [2.24, 2.45) is 16.9 Å². The molecule has 1 atom stereocenters. The second kappa shape index (κ2) is 9.24. The Morgan fingerprint density at radius 3 is 2.68 bits per heavy atom. The highest BCUT2D eigenvalue weighted by Gasteiger charge is 2.35. The van der Waals surface area contributed by atoms with Gasteiger partial charge in [0.15, 0.2) is 11.6 Å². The van der Waals surface area contributed by atoms with Crippen molar-refractivity contribution in [3.05, 3.63) is 69.6 Å². The minimum atomic E-state index is -0.850. The minimum Gasteiger partial charge on any atom is -0.481 e. The smallest absolute Gasteiger partial charge is 0.306 e. The number of nitrogens with zero attached hydrogens (tertiary/aromatic N) is 3. The Labute approximate surface area is 215 Å². The molecule has 0 bridgehead atoms. The van der Waals surface area contributed by atoms with Crippen LogP contribution in [0.15, 0.2) is 46.4 Å². The van der Waals surface area contributed by atoms with Crippen LogP contribution in [-0.4, -0.2) is 59.3 Å². The summed E-state index contributed by atoms with van der Waals surface area (Å²) in [6.45, 7) is 4.25. The number of allylic oxidation sites excluding steroid dienone is 2. The first kappa shape index (κ1) is 24.1. The molecule has 1 unspecified atom stereocenters. The lowest BCUT2D eigenvalue weighted by Gasteiger charge is -2.40. The molecule has 8 heteroatoms. The zero-order valence-electron chi connectivity index (χ0n) is 21.2. The quantitative estimate of drug-likeness (QED) is 0.617. The number of nitrogens with one attached hydrogen (secondary N) is 1. The summed E-state index contributed by atoms with van der Waals surface area (Å²) in [6.07, 6.45) is 12.6. The molecular weight excluding hydrogens is 474 g/mol. The van der Waals surface area contributed by atoms with Crippen molar-refractivity contribution < 1.29 is 18.7 Å². The van der Waals surface area contributed by atoms with Gasteiger partial charge < -0.3 is 10.0 Å². The minimum absolute atomic E-state index is 0.265. The third-order valence-corrected chi connectivity index (χ3v) is 8.80. The topological polar surface area (TPSA) is 68.2 Å². The van der Waals surface area contributed by atoms with Crippen LogP contribution in [0, 0.1) is 23.5 Å². The lowest BCUT2D eigenvalue weighted by molar-refractivity contribution is -0.143. The molecule has 1 aromatic carbocycles. The fourth-order valence-corrected chi connectivity index (χ4v) is 6.63. The Morgan fingerprint density at radius 1 is 1.19 bits per heavy atom. The molecule has 0 saturated heterocycles. The van der Waals surface area contributed by atoms with Gasteiger partial charge >= 0.3 is 5.97 Å². The standard InChI is InChI=1S/C29H32F2N4O2/c1-16(29(36)37)17-3-6-20(7-4-17)35-11-9-18(10-12-35)21-14-34(2)15-22-26-25-19(13-23(30)27(26)31)5-8-24(25)32-33-28(21)22/h5,8-9,13,15-17,20,33H,3-4,6-7,10-12,14H2,1-2H3,(H,36,37). The van der Waals surface area contributed by atoms with E-state index in [1.54, 1.807) is 12.2 Å². The van der Waals surface area contributed by atoms with Crippen LogP contribution < -0.4 is 5.43 Å². The number of hydrogen-bond donors (Lipinski definition) is 2. The Bertz CT molecular complexity index is 1320. The average molecular weight is 507 g/mol. The van der Waals surface area contributed by atoms with Gasteiger partial charge in [0.05, 0.1) is 17.3 Å². The SMILES string of the molecule is CC(C(=O)O)C1CCC(N2CC=C(C3=C4NN=C5C=Cc6cc(F)c(F)c(c65)C4=CN(C)C3)CC2)CC1. The molecule has 0 aromatic heterocycles. The van der Waals surface area contributed by atoms with Gasteiger partial charge in [0.2, 0.25) is 0 Å². The highest BCUT2D eigenvalue weighted by Crippen LogP contribution is 2.41. The molecule has 2 N–H and O–H groups in total. The molecule has 3 heterocycles. The number of carboxylic acids is 1. The number of aliphatic carboxylic acids is 1. The van der Waals surface area contributed by atoms with Crippen molar-refractivity contribution in [3.63, 3.8) is 0 Å². The van der Waals surface area contributed by atoms with Crippen molar-refractivity contribution in [1.29, 1.82) is 0 Å². The van der Waals surface area contributed by atoms with E-state index in [1.807, 2.05) is 25.1 Å². The Morgan fingerprint density at radius 2 is 1.97 bits per heavy atom. The molecule has 1 aromatic rings. The number of benzene rings is 1. The van der Waals surface area contributed by atoms with Crippen LogP contribution in [0.5, 0.6) is 0 Å². The van der Waals surface area contributed by atoms with Crippen LogP contribution >= 0.6 is 0 Å². The van der Waals surface area contributed by atoms with E-state index < -0.39 is 17.6 Å². The monoisotopic (exact) mass is 506 g/mol. The van der Waals surface area contributed by atoms with Gasteiger partial charge in [-0.1, -0.05) is 19.1 Å². The maximum atomic E-state index is 15.3. The Hall–Kier alpha value is -3.26. The van der Waals surface area contributed by atoms with Crippen molar-refractivity contribution >= 4 is 23.3 Å². The number of carboxylic acid groups (broad SMARTS) is 1. The lowest BCUT2D eigenvalue weighted by atomic mass is 9.78. The van der Waals surface area contributed by atoms with Gasteiger partial charge in [-0.25, -0.2) is 8.78 Å². The van der Waals surface area contributed by atoms with Crippen molar-refractivity contribution in [2.75, 3.05) is 26.7 Å². The van der Waals surface area contributed by atoms with Crippen LogP contribution in [-0.2, 0) is 4.79 Å². The first-order valence-electron chi connectivity index (χ1n) is 13.2. The number of rotatable bonds is 4. The molecular formula is C29H32F2N4O2. The van der Waals surface area contributed by atoms with Gasteiger partial charge in [-0.05, 0) is 61.3 Å². The zero-order chi connectivity index (χ0) is 25.8. The Kier molecular flexibility index (Phi) is 6.02. The first-order valence-corrected chi connectivity index (χ1v) is 13.2. The van der Waals surface area contributed by atoms with Gasteiger partial charge in [-0.3, -0.25) is 15.1 Å². The number of likely N-dealkylation sites (N-methyl/N-ethyl adjacent to an activating group) is 1. The fraction of sp³-hybridized carbons (Fsp3) is 0.448. The van der Waals surface area contributed by atoms with Gasteiger partial charge in [0.25, 0.3) is 0 Å². The Balaban J connectivity index is 1.26. The molecule has 6 nitrogen and oxygen atoms in total. The molecule has 1 saturated carbocycles. The van der Waals surface area contributed by atoms with E-state index in [0.717, 1.165) is 56.5 Å². The van der Waals surface area contributed by atoms with Crippen LogP contribution in [0.1, 0.15) is 55.7 Å². The van der Waals surface area contributed by atoms with Crippen LogP contribution in [0.3, 0.4) is 0 Å². The molecule has 194 valence electrons. The van der Waals surface area contributed by atoms with Crippen LogP contribution in [0.4, 0.5) is 8.78 Å². The van der Waals surface area contributed by atoms with Crippen molar-refractivity contribution in [1.82, 2.24) is 15.2 Å². The maximum Gasteiger partial charge on any atom is 0.306 e. The summed E-state index contributed by atoms with van der Waals surface area (Å²) in [5.74, 6) is -2.40. The van der Waals surface area contributed by atoms with E-state index in [0.29, 0.717) is 35.0 Å². The third-order valence-electron chi connectivity index (χ3n) is 8.80. The van der Waals surface area contributed by atoms with Gasteiger partial charge in [-0.2, -0.15) is 5.10 Å². The van der Waals surface area contributed by atoms with Crippen LogP contribution in [0.2, 0.25) is 0 Å². The molecule has 3 aliphatic heterocycles. The number of carbonyl (C=O) groups is 1. The zero-order valence-corrected chi connectivity index (χ0v) is 21.2. The van der Waals surface area contributed by atoms with E-state index in [9.17, 15) is 14.3 Å². The highest BCUT2D eigenvalue weighted by atomic mass is 19.2. The summed E-state index contributed by atoms with van der Waals surface area (Å²) in [4.78, 5) is 15.9. The summed E-state index contributed by atoms with van der Waals surface area (Å²) < 4.78 is 29.8. The summed E-state index contributed by atoms with van der Waals surface area (Å²) in [6, 6.07) is 1.72. The molecule has 37 heavy (non-hydrogen) atoms. The lowest BCUT2D eigenvalue weighted by Crippen LogP contribution is -2.42. The normalized spacial score (nSPS) is 25.9. The molecule has 0 spiro atoms. The van der Waals surface area contributed by atoms with E-state index in [-0.39, 0.29) is 17.4 Å². The van der Waals surface area contributed by atoms with Gasteiger partial charge in [0, 0.05) is 61.2 Å². The third kappa shape index (κ3) is 4.11. The summed E-state index contributed by atoms with van der Waals surface area (Å²) in [7, 11) is 1.96. The number of hydrazone groups is 1. The van der Waals surface area contributed by atoms with Gasteiger partial charge in [-0.15, -0.1) is 0 Å². The second-order valence-corrected chi connectivity index (χ2v) is 10.9. The maximum absolute atomic E-state index is 15.3. The molecule has 1 fully saturated rings. The van der Waals surface area contributed by atoms with E-state index in [2.05, 4.69) is 21.5 Å². The molecule has 0 amide bonds. The number of fused-ring (bicyclic) bond motifs is 2. The summed E-state index contributed by atoms with van der Waals surface area (Å²) in [5.41, 5.74) is 9.05. The molecule has 5 aliphatic rings. The van der Waals surface area contributed by atoms with Crippen LogP contribution in [0.25, 0.3) is 11.6 Å². The van der Waals surface area contributed by atoms with E-state index >= 15 is 4.39 Å². The second-order valence-electron chi connectivity index (χ2n) is 10.9. The molecule has 2 aliphatic carbocycles. The summed E-state index contributed by atoms with van der Waals surface area (Å²) >= 11 is 0. The number of hydrogen-bond acceptors (Lipinski definition) is 5. The average Bonchev–Trinajstić information content (AvgIpc) is 3.21. The fourth-order valence-electron chi connectivity index (χ4n) is 6.63. The molecule has 6 rings (SSSR count). The van der Waals surface area contributed by atoms with E-state index in [1.165, 1.54) is 11.6 Å². The highest BCUT2D eigenvalue weighted by molar-refractivity contribution is 6.20. The largest absolute Gasteiger partial charge is 0.481 e. The number of halogens is 2. The van der Waals surface area contributed by atoms with Crippen molar-refractivity contribution in [3.8, 4) is 0 Å². The predicted octanol–water partition coefficient (Wildman–Crippen LogP) is 4.75. The predicted molar refractivity (Wildman–Crippen MR) is 140 cm³/mol. The summed E-state index contributed by atoms with van der Waals surface area (Å²) in [5, 5.41) is 13.9. The van der Waals surface area contributed by atoms with Gasteiger partial charge in [0.1, 0.15) is 0 Å². The van der Waals surface area contributed by atoms with E-state index in [4.69, 9.17) is 0 Å². The van der Waals surface area contributed by atoms with Crippen molar-refractivity contribution in [2.45, 2.75) is 45.1 Å². The molecule has 0 radical (unpaired) electrons. The first-order chi connectivity index (χ1) is 17.8.